The first-order valence-corrected chi connectivity index (χ1v) is 6.06. The maximum absolute atomic E-state index is 9.78. The number of methoxy groups -OCH3 is 1. The minimum absolute atomic E-state index is 0.374. The van der Waals surface area contributed by atoms with E-state index >= 15 is 0 Å². The molecule has 0 aliphatic carbocycles. The van der Waals surface area contributed by atoms with Crippen molar-refractivity contribution in [2.75, 3.05) is 38.2 Å². The van der Waals surface area contributed by atoms with E-state index in [1.54, 1.807) is 13.2 Å². The zero-order valence-electron chi connectivity index (χ0n) is 9.82. The number of aliphatic hydroxyl groups excluding tert-OH is 1. The number of rotatable bonds is 2. The van der Waals surface area contributed by atoms with Crippen molar-refractivity contribution in [2.24, 2.45) is 0 Å². The Morgan fingerprint density at radius 3 is 3.12 bits per heavy atom. The van der Waals surface area contributed by atoms with Crippen molar-refractivity contribution in [2.45, 2.75) is 6.10 Å². The van der Waals surface area contributed by atoms with Gasteiger partial charge in [0, 0.05) is 31.2 Å². The van der Waals surface area contributed by atoms with Crippen LogP contribution in [-0.4, -0.2) is 44.5 Å². The predicted octanol–water partition coefficient (Wildman–Crippen LogP) is 1.12. The number of hydrogen-bond acceptors (Lipinski definition) is 4. The lowest BCUT2D eigenvalue weighted by Gasteiger charge is -2.25. The summed E-state index contributed by atoms with van der Waals surface area (Å²) < 4.78 is 5.33. The third kappa shape index (κ3) is 3.03. The molecule has 0 aromatic heterocycles. The van der Waals surface area contributed by atoms with Gasteiger partial charge in [0.15, 0.2) is 0 Å². The molecule has 1 saturated heterocycles. The summed E-state index contributed by atoms with van der Waals surface area (Å²) in [5.41, 5.74) is 0.933. The monoisotopic (exact) mass is 256 g/mol. The van der Waals surface area contributed by atoms with Gasteiger partial charge in [-0.1, -0.05) is 11.6 Å². The lowest BCUT2D eigenvalue weighted by atomic mass is 10.2. The highest BCUT2D eigenvalue weighted by Gasteiger charge is 2.18. The minimum Gasteiger partial charge on any atom is -0.495 e. The standard InChI is InChI=1S/C12H17ClN2O2/c1-17-12-3-2-9(13)6-11(12)15-5-4-14-7-10(16)8-15/h2-3,6,10,14,16H,4-5,7-8H2,1H3. The van der Waals surface area contributed by atoms with Crippen LogP contribution in [0.2, 0.25) is 5.02 Å². The second-order valence-electron chi connectivity index (χ2n) is 4.12. The fourth-order valence-electron chi connectivity index (χ4n) is 2.02. The molecule has 1 fully saturated rings. The molecule has 17 heavy (non-hydrogen) atoms. The van der Waals surface area contributed by atoms with Gasteiger partial charge in [-0.2, -0.15) is 0 Å². The lowest BCUT2D eigenvalue weighted by molar-refractivity contribution is 0.184. The average Bonchev–Trinajstić information content (AvgIpc) is 2.54. The summed E-state index contributed by atoms with van der Waals surface area (Å²) in [4.78, 5) is 2.09. The third-order valence-corrected chi connectivity index (χ3v) is 3.09. The molecule has 2 N–H and O–H groups in total. The zero-order chi connectivity index (χ0) is 12.3. The van der Waals surface area contributed by atoms with Crippen LogP contribution in [0.3, 0.4) is 0 Å². The molecule has 1 aliphatic heterocycles. The largest absolute Gasteiger partial charge is 0.495 e. The van der Waals surface area contributed by atoms with Gasteiger partial charge in [0.25, 0.3) is 0 Å². The normalized spacial score (nSPS) is 21.1. The van der Waals surface area contributed by atoms with Crippen LogP contribution in [0, 0.1) is 0 Å². The van der Waals surface area contributed by atoms with Crippen LogP contribution in [0.5, 0.6) is 5.75 Å². The first kappa shape index (κ1) is 12.5. The molecule has 1 aliphatic rings. The summed E-state index contributed by atoms with van der Waals surface area (Å²) >= 11 is 6.01. The van der Waals surface area contributed by atoms with Crippen LogP contribution >= 0.6 is 11.6 Å². The molecule has 0 bridgehead atoms. The molecule has 0 spiro atoms. The second-order valence-corrected chi connectivity index (χ2v) is 4.56. The smallest absolute Gasteiger partial charge is 0.142 e. The molecule has 1 unspecified atom stereocenters. The number of halogens is 1. The number of ether oxygens (including phenoxy) is 1. The molecule has 0 amide bonds. The van der Waals surface area contributed by atoms with Crippen molar-refractivity contribution in [3.63, 3.8) is 0 Å². The zero-order valence-corrected chi connectivity index (χ0v) is 10.6. The third-order valence-electron chi connectivity index (χ3n) is 2.85. The van der Waals surface area contributed by atoms with Gasteiger partial charge in [0.05, 0.1) is 18.9 Å². The summed E-state index contributed by atoms with van der Waals surface area (Å²) in [5.74, 6) is 0.781. The molecule has 0 saturated carbocycles. The first-order chi connectivity index (χ1) is 8.20. The van der Waals surface area contributed by atoms with Crippen LogP contribution in [0.25, 0.3) is 0 Å². The van der Waals surface area contributed by atoms with Gasteiger partial charge >= 0.3 is 0 Å². The molecule has 1 aromatic rings. The SMILES string of the molecule is COc1ccc(Cl)cc1N1CCNCC(O)C1. The molecule has 0 radical (unpaired) electrons. The van der Waals surface area contributed by atoms with Crippen molar-refractivity contribution in [1.29, 1.82) is 0 Å². The predicted molar refractivity (Wildman–Crippen MR) is 69.1 cm³/mol. The Hall–Kier alpha value is -0.970. The van der Waals surface area contributed by atoms with E-state index in [-0.39, 0.29) is 6.10 Å². The van der Waals surface area contributed by atoms with Crippen molar-refractivity contribution in [1.82, 2.24) is 5.32 Å². The van der Waals surface area contributed by atoms with E-state index < -0.39 is 0 Å². The molecular weight excluding hydrogens is 240 g/mol. The van der Waals surface area contributed by atoms with Gasteiger partial charge in [-0.05, 0) is 18.2 Å². The van der Waals surface area contributed by atoms with Gasteiger partial charge in [0.2, 0.25) is 0 Å². The van der Waals surface area contributed by atoms with Crippen LogP contribution in [0.4, 0.5) is 5.69 Å². The van der Waals surface area contributed by atoms with Gasteiger partial charge < -0.3 is 20.1 Å². The van der Waals surface area contributed by atoms with E-state index in [0.29, 0.717) is 18.1 Å². The molecule has 2 rings (SSSR count). The number of benzene rings is 1. The summed E-state index contributed by atoms with van der Waals surface area (Å²) in [7, 11) is 1.64. The minimum atomic E-state index is -0.374. The van der Waals surface area contributed by atoms with Gasteiger partial charge in [-0.15, -0.1) is 0 Å². The van der Waals surface area contributed by atoms with Crippen molar-refractivity contribution in [3.8, 4) is 5.75 Å². The van der Waals surface area contributed by atoms with E-state index in [1.807, 2.05) is 12.1 Å². The van der Waals surface area contributed by atoms with Crippen molar-refractivity contribution >= 4 is 17.3 Å². The maximum Gasteiger partial charge on any atom is 0.142 e. The van der Waals surface area contributed by atoms with Crippen LogP contribution in [-0.2, 0) is 0 Å². The topological polar surface area (TPSA) is 44.7 Å². The summed E-state index contributed by atoms with van der Waals surface area (Å²) in [5, 5.41) is 13.6. The molecule has 1 atom stereocenters. The van der Waals surface area contributed by atoms with E-state index in [2.05, 4.69) is 10.2 Å². The Morgan fingerprint density at radius 1 is 1.53 bits per heavy atom. The highest BCUT2D eigenvalue weighted by Crippen LogP contribution is 2.31. The van der Waals surface area contributed by atoms with Crippen LogP contribution in [0.15, 0.2) is 18.2 Å². The van der Waals surface area contributed by atoms with E-state index in [9.17, 15) is 5.11 Å². The molecule has 4 nitrogen and oxygen atoms in total. The Morgan fingerprint density at radius 2 is 2.35 bits per heavy atom. The molecule has 94 valence electrons. The van der Waals surface area contributed by atoms with Crippen LogP contribution in [0.1, 0.15) is 0 Å². The molecule has 5 heteroatoms. The number of aliphatic hydroxyl groups is 1. The van der Waals surface area contributed by atoms with Gasteiger partial charge in [0.1, 0.15) is 5.75 Å². The lowest BCUT2D eigenvalue weighted by Crippen LogP contribution is -2.33. The Balaban J connectivity index is 2.27. The highest BCUT2D eigenvalue weighted by molar-refractivity contribution is 6.30. The number of nitrogens with zero attached hydrogens (tertiary/aromatic N) is 1. The molecule has 1 aromatic carbocycles. The fraction of sp³-hybridized carbons (Fsp3) is 0.500. The van der Waals surface area contributed by atoms with Crippen molar-refractivity contribution < 1.29 is 9.84 Å². The quantitative estimate of drug-likeness (QED) is 0.833. The fourth-order valence-corrected chi connectivity index (χ4v) is 2.19. The highest BCUT2D eigenvalue weighted by atomic mass is 35.5. The first-order valence-electron chi connectivity index (χ1n) is 5.68. The van der Waals surface area contributed by atoms with E-state index in [4.69, 9.17) is 16.3 Å². The molecular formula is C12H17ClN2O2. The number of β-amino-alcohol motifs (C(OH)–C–C–N with tert-alkyl or cyclic N) is 1. The van der Waals surface area contributed by atoms with E-state index in [1.165, 1.54) is 0 Å². The molecule has 1 heterocycles. The Bertz CT molecular complexity index is 387. The Labute approximate surface area is 106 Å². The van der Waals surface area contributed by atoms with Crippen molar-refractivity contribution in [3.05, 3.63) is 23.2 Å². The summed E-state index contributed by atoms with van der Waals surface area (Å²) in [6, 6.07) is 5.52. The number of anilines is 1. The Kier molecular flexibility index (Phi) is 4.10. The van der Waals surface area contributed by atoms with Gasteiger partial charge in [-0.25, -0.2) is 0 Å². The summed E-state index contributed by atoms with van der Waals surface area (Å²) in [6.07, 6.45) is -0.374. The number of hydrogen-bond donors (Lipinski definition) is 2. The second kappa shape index (κ2) is 5.58. The number of nitrogens with one attached hydrogen (secondary N) is 1. The van der Waals surface area contributed by atoms with Gasteiger partial charge in [-0.3, -0.25) is 0 Å². The maximum atomic E-state index is 9.78. The average molecular weight is 257 g/mol. The van der Waals surface area contributed by atoms with E-state index in [0.717, 1.165) is 24.5 Å². The van der Waals surface area contributed by atoms with Crippen LogP contribution < -0.4 is 15.0 Å². The summed E-state index contributed by atoms with van der Waals surface area (Å²) in [6.45, 7) is 2.88.